The molecule has 2 aromatic rings. The van der Waals surface area contributed by atoms with Gasteiger partial charge in [-0.3, -0.25) is 9.59 Å². The van der Waals surface area contributed by atoms with Gasteiger partial charge >= 0.3 is 0 Å². The second-order valence-corrected chi connectivity index (χ2v) is 5.35. The Morgan fingerprint density at radius 3 is 2.70 bits per heavy atom. The lowest BCUT2D eigenvalue weighted by Gasteiger charge is -2.08. The summed E-state index contributed by atoms with van der Waals surface area (Å²) in [5, 5.41) is 9.25. The number of rotatable bonds is 6. The molecule has 2 amide bonds. The summed E-state index contributed by atoms with van der Waals surface area (Å²) in [6.45, 7) is 1.20. The number of halogens is 2. The molecule has 0 aliphatic carbocycles. The third-order valence-corrected chi connectivity index (χ3v) is 3.12. The Bertz CT molecular complexity index is 718. The van der Waals surface area contributed by atoms with Gasteiger partial charge in [0.2, 0.25) is 5.91 Å². The Morgan fingerprint density at radius 1 is 1.26 bits per heavy atom. The van der Waals surface area contributed by atoms with Crippen LogP contribution in [-0.4, -0.2) is 30.1 Å². The zero-order valence-corrected chi connectivity index (χ0v) is 13.6. The summed E-state index contributed by atoms with van der Waals surface area (Å²) in [5.74, 6) is 0.274. The fourth-order valence-electron chi connectivity index (χ4n) is 1.58. The van der Waals surface area contributed by atoms with Crippen molar-refractivity contribution in [3.63, 3.8) is 0 Å². The van der Waals surface area contributed by atoms with Gasteiger partial charge in [-0.2, -0.15) is 0 Å². The second kappa shape index (κ2) is 7.85. The lowest BCUT2D eigenvalue weighted by molar-refractivity contribution is -0.125. The van der Waals surface area contributed by atoms with Gasteiger partial charge in [-0.15, -0.1) is 0 Å². The number of carbonyl (C=O) groups excluding carboxylic acids is 2. The molecule has 2 rings (SSSR count). The molecular weight excluding hydrogens is 345 g/mol. The molecule has 0 saturated carbocycles. The highest BCUT2D eigenvalue weighted by molar-refractivity contribution is 6.35. The van der Waals surface area contributed by atoms with Gasteiger partial charge in [0, 0.05) is 11.1 Å². The van der Waals surface area contributed by atoms with Crippen LogP contribution in [0.3, 0.4) is 0 Å². The maximum absolute atomic E-state index is 11.6. The van der Waals surface area contributed by atoms with Crippen LogP contribution in [-0.2, 0) is 9.59 Å². The summed E-state index contributed by atoms with van der Waals surface area (Å²) >= 11 is 11.7. The normalized spacial score (nSPS) is 10.2. The van der Waals surface area contributed by atoms with E-state index < -0.39 is 11.8 Å². The smallest absolute Gasteiger partial charge is 0.258 e. The number of aryl methyl sites for hydroxylation is 1. The molecule has 122 valence electrons. The molecule has 0 atom stereocenters. The van der Waals surface area contributed by atoms with Crippen molar-refractivity contribution in [1.29, 1.82) is 0 Å². The quantitative estimate of drug-likeness (QED) is 0.827. The minimum absolute atomic E-state index is 0.220. The molecule has 0 fully saturated rings. The molecule has 9 heteroatoms. The molecule has 0 radical (unpaired) electrons. The highest BCUT2D eigenvalue weighted by Gasteiger charge is 2.10. The van der Waals surface area contributed by atoms with Crippen molar-refractivity contribution >= 4 is 40.8 Å². The number of carbonyl (C=O) groups is 2. The molecular formula is C14H13Cl2N3O4. The van der Waals surface area contributed by atoms with Crippen LogP contribution < -0.4 is 15.4 Å². The SMILES string of the molecule is Cc1cc(NC(=O)CNC(=O)COc2ccc(Cl)cc2Cl)no1. The van der Waals surface area contributed by atoms with E-state index in [0.717, 1.165) is 0 Å². The summed E-state index contributed by atoms with van der Waals surface area (Å²) in [5.41, 5.74) is 0. The van der Waals surface area contributed by atoms with Crippen LogP contribution in [0.5, 0.6) is 5.75 Å². The number of amides is 2. The summed E-state index contributed by atoms with van der Waals surface area (Å²) in [4.78, 5) is 23.2. The minimum Gasteiger partial charge on any atom is -0.482 e. The zero-order chi connectivity index (χ0) is 16.8. The highest BCUT2D eigenvalue weighted by atomic mass is 35.5. The molecule has 0 aliphatic heterocycles. The van der Waals surface area contributed by atoms with Crippen molar-refractivity contribution in [3.8, 4) is 5.75 Å². The molecule has 2 N–H and O–H groups in total. The first-order valence-electron chi connectivity index (χ1n) is 6.52. The van der Waals surface area contributed by atoms with E-state index in [4.69, 9.17) is 32.5 Å². The van der Waals surface area contributed by atoms with Crippen LogP contribution >= 0.6 is 23.2 Å². The maximum Gasteiger partial charge on any atom is 0.258 e. The topological polar surface area (TPSA) is 93.5 Å². The van der Waals surface area contributed by atoms with Gasteiger partial charge < -0.3 is 19.9 Å². The third kappa shape index (κ3) is 5.46. The average molecular weight is 358 g/mol. The van der Waals surface area contributed by atoms with E-state index in [9.17, 15) is 9.59 Å². The summed E-state index contributed by atoms with van der Waals surface area (Å²) in [7, 11) is 0. The molecule has 1 heterocycles. The van der Waals surface area contributed by atoms with Crippen LogP contribution in [0.25, 0.3) is 0 Å². The molecule has 0 bridgehead atoms. The predicted molar refractivity (Wildman–Crippen MR) is 84.8 cm³/mol. The Hall–Kier alpha value is -2.25. The molecule has 1 aromatic heterocycles. The molecule has 0 aliphatic rings. The van der Waals surface area contributed by atoms with Crippen LogP contribution in [0.1, 0.15) is 5.76 Å². The number of ether oxygens (including phenoxy) is 1. The Kier molecular flexibility index (Phi) is 5.84. The van der Waals surface area contributed by atoms with Gasteiger partial charge in [0.15, 0.2) is 12.4 Å². The molecule has 1 aromatic carbocycles. The molecule has 7 nitrogen and oxygen atoms in total. The summed E-state index contributed by atoms with van der Waals surface area (Å²) in [6.07, 6.45) is 0. The molecule has 0 unspecified atom stereocenters. The van der Waals surface area contributed by atoms with Crippen molar-refractivity contribution in [3.05, 3.63) is 40.1 Å². The van der Waals surface area contributed by atoms with Crippen molar-refractivity contribution in [2.45, 2.75) is 6.92 Å². The number of anilines is 1. The monoisotopic (exact) mass is 357 g/mol. The first-order chi connectivity index (χ1) is 10.9. The number of hydrogen-bond donors (Lipinski definition) is 2. The Balaban J connectivity index is 1.73. The number of hydrogen-bond acceptors (Lipinski definition) is 5. The predicted octanol–water partition coefficient (Wildman–Crippen LogP) is 2.42. The Morgan fingerprint density at radius 2 is 2.04 bits per heavy atom. The van der Waals surface area contributed by atoms with E-state index >= 15 is 0 Å². The maximum atomic E-state index is 11.6. The molecule has 23 heavy (non-hydrogen) atoms. The van der Waals surface area contributed by atoms with E-state index in [1.807, 2.05) is 0 Å². The lowest BCUT2D eigenvalue weighted by Crippen LogP contribution is -2.35. The van der Waals surface area contributed by atoms with Crippen LogP contribution in [0.4, 0.5) is 5.82 Å². The number of aromatic nitrogens is 1. The van der Waals surface area contributed by atoms with Crippen molar-refractivity contribution in [2.75, 3.05) is 18.5 Å². The Labute approximate surface area is 141 Å². The van der Waals surface area contributed by atoms with Crippen molar-refractivity contribution in [2.24, 2.45) is 0 Å². The zero-order valence-electron chi connectivity index (χ0n) is 12.1. The minimum atomic E-state index is -0.470. The van der Waals surface area contributed by atoms with E-state index in [1.54, 1.807) is 25.1 Å². The van der Waals surface area contributed by atoms with Gasteiger partial charge in [-0.05, 0) is 25.1 Å². The summed E-state index contributed by atoms with van der Waals surface area (Å²) in [6, 6.07) is 6.21. The van der Waals surface area contributed by atoms with Gasteiger partial charge in [0.25, 0.3) is 5.91 Å². The number of nitrogens with zero attached hydrogens (tertiary/aromatic N) is 1. The van der Waals surface area contributed by atoms with E-state index in [2.05, 4.69) is 15.8 Å². The fraction of sp³-hybridized carbons (Fsp3) is 0.214. The van der Waals surface area contributed by atoms with Crippen LogP contribution in [0.15, 0.2) is 28.8 Å². The van der Waals surface area contributed by atoms with Crippen molar-refractivity contribution < 1.29 is 18.8 Å². The summed E-state index contributed by atoms with van der Waals surface area (Å²) < 4.78 is 10.0. The van der Waals surface area contributed by atoms with E-state index in [1.165, 1.54) is 6.07 Å². The molecule has 0 spiro atoms. The fourth-order valence-corrected chi connectivity index (χ4v) is 2.04. The second-order valence-electron chi connectivity index (χ2n) is 4.51. The number of benzene rings is 1. The van der Waals surface area contributed by atoms with Gasteiger partial charge in [0.05, 0.1) is 11.6 Å². The van der Waals surface area contributed by atoms with Crippen LogP contribution in [0, 0.1) is 6.92 Å². The first-order valence-corrected chi connectivity index (χ1v) is 7.27. The number of nitrogens with one attached hydrogen (secondary N) is 2. The lowest BCUT2D eigenvalue weighted by atomic mass is 10.3. The van der Waals surface area contributed by atoms with Gasteiger partial charge in [-0.1, -0.05) is 28.4 Å². The third-order valence-electron chi connectivity index (χ3n) is 2.59. The first kappa shape index (κ1) is 17.1. The van der Waals surface area contributed by atoms with Gasteiger partial charge in [0.1, 0.15) is 11.5 Å². The molecule has 0 saturated heterocycles. The largest absolute Gasteiger partial charge is 0.482 e. The van der Waals surface area contributed by atoms with Crippen LogP contribution in [0.2, 0.25) is 10.0 Å². The average Bonchev–Trinajstić information content (AvgIpc) is 2.89. The van der Waals surface area contributed by atoms with E-state index in [-0.39, 0.29) is 19.0 Å². The highest BCUT2D eigenvalue weighted by Crippen LogP contribution is 2.27. The van der Waals surface area contributed by atoms with E-state index in [0.29, 0.717) is 21.6 Å². The van der Waals surface area contributed by atoms with Gasteiger partial charge in [-0.25, -0.2) is 0 Å². The standard InChI is InChI=1S/C14H13Cl2N3O4/c1-8-4-12(19-23-8)18-13(20)6-17-14(21)7-22-11-3-2-9(15)5-10(11)16/h2-5H,6-7H2,1H3,(H,17,21)(H,18,19,20). The van der Waals surface area contributed by atoms with Crippen molar-refractivity contribution in [1.82, 2.24) is 10.5 Å².